The molecule has 0 heterocycles. The maximum absolute atomic E-state index is 13.0. The summed E-state index contributed by atoms with van der Waals surface area (Å²) in [4.78, 5) is 10.6. The molecule has 0 aliphatic carbocycles. The molecule has 0 aromatic heterocycles. The summed E-state index contributed by atoms with van der Waals surface area (Å²) in [6.07, 6.45) is 1.08. The van der Waals surface area contributed by atoms with E-state index in [1.165, 1.54) is 6.92 Å². The average Bonchev–Trinajstić information content (AvgIpc) is 1.97. The van der Waals surface area contributed by atoms with Crippen molar-refractivity contribution in [1.29, 1.82) is 0 Å². The Morgan fingerprint density at radius 1 is 1.46 bits per heavy atom. The summed E-state index contributed by atoms with van der Waals surface area (Å²) in [5.74, 6) is -2.53. The Balaban J connectivity index is 4.60. The minimum absolute atomic E-state index is 0.137. The number of rotatable bonds is 4. The second-order valence-corrected chi connectivity index (χ2v) is 3.45. The lowest BCUT2D eigenvalue weighted by molar-refractivity contribution is -0.141. The highest BCUT2D eigenvalue weighted by Crippen LogP contribution is 2.16. The maximum atomic E-state index is 13.0. The predicted octanol–water partition coefficient (Wildman–Crippen LogP) is 1.54. The Labute approximate surface area is 77.4 Å². The lowest BCUT2D eigenvalue weighted by atomic mass is 9.95. The fourth-order valence-electron chi connectivity index (χ4n) is 0.872. The van der Waals surface area contributed by atoms with Gasteiger partial charge in [0.15, 0.2) is 0 Å². The number of carboxylic acids is 1. The molecule has 2 unspecified atom stereocenters. The molecule has 0 aromatic rings. The van der Waals surface area contributed by atoms with Crippen molar-refractivity contribution >= 4 is 5.97 Å². The minimum Gasteiger partial charge on any atom is -0.481 e. The van der Waals surface area contributed by atoms with Gasteiger partial charge in [-0.1, -0.05) is 13.8 Å². The zero-order valence-electron chi connectivity index (χ0n) is 8.12. The van der Waals surface area contributed by atoms with Crippen molar-refractivity contribution in [1.82, 2.24) is 0 Å². The Kier molecular flexibility index (Phi) is 4.62. The molecule has 0 saturated heterocycles. The lowest BCUT2D eigenvalue weighted by Crippen LogP contribution is -2.21. The van der Waals surface area contributed by atoms with Crippen LogP contribution in [0.4, 0.5) is 4.39 Å². The number of carboxylic acid groups (broad SMARTS) is 1. The number of halogens is 1. The zero-order chi connectivity index (χ0) is 10.6. The second kappa shape index (κ2) is 4.97. The van der Waals surface area contributed by atoms with Crippen molar-refractivity contribution < 1.29 is 14.3 Å². The summed E-state index contributed by atoms with van der Waals surface area (Å²) in [5.41, 5.74) is 5.25. The number of hydrogen-bond acceptors (Lipinski definition) is 2. The van der Waals surface area contributed by atoms with Crippen LogP contribution in [0.15, 0.2) is 11.9 Å². The SMILES string of the molecule is CC(N)/C(F)=C/C(C(=O)O)C(C)C. The summed E-state index contributed by atoms with van der Waals surface area (Å²) in [5, 5.41) is 8.72. The zero-order valence-corrected chi connectivity index (χ0v) is 8.12. The van der Waals surface area contributed by atoms with Crippen molar-refractivity contribution in [2.45, 2.75) is 26.8 Å². The van der Waals surface area contributed by atoms with Gasteiger partial charge in [-0.25, -0.2) is 4.39 Å². The number of carbonyl (C=O) groups is 1. The van der Waals surface area contributed by atoms with E-state index in [-0.39, 0.29) is 5.92 Å². The Morgan fingerprint density at radius 2 is 1.92 bits per heavy atom. The van der Waals surface area contributed by atoms with Gasteiger partial charge in [-0.3, -0.25) is 4.79 Å². The molecule has 3 N–H and O–H groups in total. The van der Waals surface area contributed by atoms with Crippen LogP contribution >= 0.6 is 0 Å². The van der Waals surface area contributed by atoms with Crippen molar-refractivity contribution in [3.63, 3.8) is 0 Å². The molecule has 13 heavy (non-hydrogen) atoms. The third-order valence-corrected chi connectivity index (χ3v) is 1.78. The van der Waals surface area contributed by atoms with Crippen LogP contribution in [-0.4, -0.2) is 17.1 Å². The molecule has 3 nitrogen and oxygen atoms in total. The smallest absolute Gasteiger partial charge is 0.310 e. The first-order chi connectivity index (χ1) is 5.86. The molecule has 76 valence electrons. The van der Waals surface area contributed by atoms with E-state index in [1.807, 2.05) is 0 Å². The van der Waals surface area contributed by atoms with Crippen LogP contribution in [0.1, 0.15) is 20.8 Å². The standard InChI is InChI=1S/C9H16FNO2/c1-5(2)7(9(12)13)4-8(10)6(3)11/h4-7H,11H2,1-3H3,(H,12,13)/b8-4-. The first-order valence-electron chi connectivity index (χ1n) is 4.21. The highest BCUT2D eigenvalue weighted by atomic mass is 19.1. The highest BCUT2D eigenvalue weighted by Gasteiger charge is 2.20. The van der Waals surface area contributed by atoms with Gasteiger partial charge in [-0.15, -0.1) is 0 Å². The van der Waals surface area contributed by atoms with E-state index >= 15 is 0 Å². The molecule has 0 bridgehead atoms. The van der Waals surface area contributed by atoms with Crippen molar-refractivity contribution in [3.05, 3.63) is 11.9 Å². The monoisotopic (exact) mass is 189 g/mol. The minimum atomic E-state index is -1.02. The molecule has 0 aliphatic heterocycles. The van der Waals surface area contributed by atoms with Gasteiger partial charge in [0.25, 0.3) is 0 Å². The van der Waals surface area contributed by atoms with Gasteiger partial charge in [0.1, 0.15) is 5.83 Å². The first kappa shape index (κ1) is 12.1. The van der Waals surface area contributed by atoms with Gasteiger partial charge >= 0.3 is 5.97 Å². The molecular weight excluding hydrogens is 173 g/mol. The normalized spacial score (nSPS) is 17.2. The largest absolute Gasteiger partial charge is 0.481 e. The van der Waals surface area contributed by atoms with E-state index in [0.717, 1.165) is 6.08 Å². The predicted molar refractivity (Wildman–Crippen MR) is 48.8 cm³/mol. The van der Waals surface area contributed by atoms with Crippen LogP contribution in [0.2, 0.25) is 0 Å². The van der Waals surface area contributed by atoms with Crippen LogP contribution in [0.5, 0.6) is 0 Å². The fourth-order valence-corrected chi connectivity index (χ4v) is 0.872. The van der Waals surface area contributed by atoms with E-state index in [1.54, 1.807) is 13.8 Å². The van der Waals surface area contributed by atoms with Crippen LogP contribution in [0.25, 0.3) is 0 Å². The fraction of sp³-hybridized carbons (Fsp3) is 0.667. The third kappa shape index (κ3) is 4.03. The van der Waals surface area contributed by atoms with Gasteiger partial charge < -0.3 is 10.8 Å². The van der Waals surface area contributed by atoms with Gasteiger partial charge in [0.2, 0.25) is 0 Å². The van der Waals surface area contributed by atoms with Crippen LogP contribution < -0.4 is 5.73 Å². The molecule has 0 aromatic carbocycles. The molecule has 0 radical (unpaired) electrons. The van der Waals surface area contributed by atoms with E-state index in [9.17, 15) is 9.18 Å². The molecule has 0 amide bonds. The van der Waals surface area contributed by atoms with Crippen LogP contribution in [-0.2, 0) is 4.79 Å². The first-order valence-corrected chi connectivity index (χ1v) is 4.21. The molecule has 0 fully saturated rings. The summed E-state index contributed by atoms with van der Waals surface area (Å²) < 4.78 is 13.0. The molecular formula is C9H16FNO2. The summed E-state index contributed by atoms with van der Waals surface area (Å²) in [6, 6.07) is -0.736. The summed E-state index contributed by atoms with van der Waals surface area (Å²) >= 11 is 0. The van der Waals surface area contributed by atoms with Gasteiger partial charge in [-0.2, -0.15) is 0 Å². The van der Waals surface area contributed by atoms with E-state index in [4.69, 9.17) is 10.8 Å². The lowest BCUT2D eigenvalue weighted by Gasteiger charge is -2.12. The molecule has 0 rings (SSSR count). The number of aliphatic carboxylic acids is 1. The molecule has 2 atom stereocenters. The average molecular weight is 189 g/mol. The molecule has 0 spiro atoms. The Bertz CT molecular complexity index is 212. The van der Waals surface area contributed by atoms with Crippen molar-refractivity contribution in [2.24, 2.45) is 17.6 Å². The molecule has 0 saturated carbocycles. The van der Waals surface area contributed by atoms with Crippen LogP contribution in [0.3, 0.4) is 0 Å². The van der Waals surface area contributed by atoms with Gasteiger partial charge in [0.05, 0.1) is 12.0 Å². The van der Waals surface area contributed by atoms with Crippen LogP contribution in [0, 0.1) is 11.8 Å². The van der Waals surface area contributed by atoms with Crippen molar-refractivity contribution in [3.8, 4) is 0 Å². The molecule has 4 heteroatoms. The van der Waals surface area contributed by atoms with E-state index < -0.39 is 23.8 Å². The number of hydrogen-bond donors (Lipinski definition) is 2. The Hall–Kier alpha value is -0.900. The maximum Gasteiger partial charge on any atom is 0.310 e. The third-order valence-electron chi connectivity index (χ3n) is 1.78. The Morgan fingerprint density at radius 3 is 2.15 bits per heavy atom. The second-order valence-electron chi connectivity index (χ2n) is 3.45. The van der Waals surface area contributed by atoms with Gasteiger partial charge in [0, 0.05) is 0 Å². The highest BCUT2D eigenvalue weighted by molar-refractivity contribution is 5.72. The molecule has 0 aliphatic rings. The summed E-state index contributed by atoms with van der Waals surface area (Å²) in [7, 11) is 0. The topological polar surface area (TPSA) is 63.3 Å². The van der Waals surface area contributed by atoms with E-state index in [0.29, 0.717) is 0 Å². The van der Waals surface area contributed by atoms with Crippen molar-refractivity contribution in [2.75, 3.05) is 0 Å². The number of nitrogens with two attached hydrogens (primary N) is 1. The van der Waals surface area contributed by atoms with Gasteiger partial charge in [-0.05, 0) is 18.9 Å². The summed E-state index contributed by atoms with van der Waals surface area (Å²) in [6.45, 7) is 4.93. The quantitative estimate of drug-likeness (QED) is 0.705. The van der Waals surface area contributed by atoms with E-state index in [2.05, 4.69) is 0 Å².